The van der Waals surface area contributed by atoms with Gasteiger partial charge >= 0.3 is 0 Å². The highest BCUT2D eigenvalue weighted by Crippen LogP contribution is 2.31. The van der Waals surface area contributed by atoms with E-state index in [9.17, 15) is 10.1 Å². The van der Waals surface area contributed by atoms with E-state index in [1.165, 1.54) is 17.2 Å². The van der Waals surface area contributed by atoms with Crippen LogP contribution in [-0.4, -0.2) is 24.5 Å². The summed E-state index contributed by atoms with van der Waals surface area (Å²) in [4.78, 5) is 29.0. The Kier molecular flexibility index (Phi) is 4.16. The lowest BCUT2D eigenvalue weighted by atomic mass is 10.1. The largest absolute Gasteiger partial charge is 0.340 e. The predicted octanol–water partition coefficient (Wildman–Crippen LogP) is 3.93. The fourth-order valence-corrected chi connectivity index (χ4v) is 3.68. The number of H-pyrrole nitrogens is 1. The van der Waals surface area contributed by atoms with Gasteiger partial charge in [0.05, 0.1) is 22.4 Å². The van der Waals surface area contributed by atoms with Crippen LogP contribution in [0.2, 0.25) is 5.02 Å². The van der Waals surface area contributed by atoms with Gasteiger partial charge < -0.3 is 10.3 Å². The van der Waals surface area contributed by atoms with Crippen molar-refractivity contribution in [3.8, 4) is 11.8 Å². The van der Waals surface area contributed by atoms with Crippen LogP contribution in [0.3, 0.4) is 0 Å². The Morgan fingerprint density at radius 1 is 1.07 bits per heavy atom. The maximum absolute atomic E-state index is 13.5. The number of fused-ring (bicyclic) bond motifs is 2. The van der Waals surface area contributed by atoms with Gasteiger partial charge in [-0.15, -0.1) is 0 Å². The molecule has 0 spiro atoms. The zero-order valence-corrected chi connectivity index (χ0v) is 16.1. The maximum Gasteiger partial charge on any atom is 0.266 e. The van der Waals surface area contributed by atoms with Crippen molar-refractivity contribution in [3.63, 3.8) is 0 Å². The molecule has 8 nitrogen and oxygen atoms in total. The molecule has 2 N–H and O–H groups in total. The third kappa shape index (κ3) is 2.69. The summed E-state index contributed by atoms with van der Waals surface area (Å²) in [5.74, 6) is 0.664. The number of aromatic nitrogens is 5. The van der Waals surface area contributed by atoms with Gasteiger partial charge in [-0.3, -0.25) is 9.36 Å². The van der Waals surface area contributed by atoms with Crippen molar-refractivity contribution >= 4 is 45.2 Å². The zero-order chi connectivity index (χ0) is 20.7. The third-order valence-electron chi connectivity index (χ3n) is 4.75. The lowest BCUT2D eigenvalue weighted by molar-refractivity contribution is 1.01. The van der Waals surface area contributed by atoms with Gasteiger partial charge in [0.15, 0.2) is 11.5 Å². The highest BCUT2D eigenvalue weighted by Gasteiger charge is 2.21. The average molecular weight is 414 g/mol. The molecule has 0 atom stereocenters. The molecule has 0 bridgehead atoms. The van der Waals surface area contributed by atoms with Crippen LogP contribution in [0.4, 0.5) is 11.6 Å². The van der Waals surface area contributed by atoms with Crippen molar-refractivity contribution in [2.24, 2.45) is 0 Å². The molecular formula is C21H12ClN7O. The summed E-state index contributed by atoms with van der Waals surface area (Å²) in [6.07, 6.45) is 2.86. The van der Waals surface area contributed by atoms with Gasteiger partial charge in [0.25, 0.3) is 5.56 Å². The molecule has 0 fully saturated rings. The molecular weight excluding hydrogens is 402 g/mol. The number of para-hydroxylation sites is 1. The molecule has 0 aliphatic heterocycles. The van der Waals surface area contributed by atoms with Crippen LogP contribution < -0.4 is 10.9 Å². The van der Waals surface area contributed by atoms with Gasteiger partial charge in [-0.05, 0) is 18.2 Å². The van der Waals surface area contributed by atoms with E-state index >= 15 is 0 Å². The summed E-state index contributed by atoms with van der Waals surface area (Å²) in [7, 11) is 0. The Balaban J connectivity index is 1.90. The molecule has 3 aromatic heterocycles. The molecule has 0 aliphatic rings. The minimum Gasteiger partial charge on any atom is -0.340 e. The number of nitrogens with one attached hydrogen (secondary N) is 2. The number of hydrogen-bond donors (Lipinski definition) is 2. The molecule has 2 aromatic carbocycles. The van der Waals surface area contributed by atoms with Crippen molar-refractivity contribution in [1.82, 2.24) is 24.5 Å². The van der Waals surface area contributed by atoms with E-state index in [2.05, 4.69) is 31.3 Å². The molecule has 30 heavy (non-hydrogen) atoms. The molecule has 5 rings (SSSR count). The maximum atomic E-state index is 13.5. The summed E-state index contributed by atoms with van der Waals surface area (Å²) in [5, 5.41) is 14.2. The number of imidazole rings is 1. The number of benzene rings is 2. The van der Waals surface area contributed by atoms with E-state index in [1.54, 1.807) is 30.3 Å². The number of anilines is 2. The van der Waals surface area contributed by atoms with Crippen molar-refractivity contribution in [2.75, 3.05) is 5.32 Å². The second-order valence-corrected chi connectivity index (χ2v) is 6.83. The smallest absolute Gasteiger partial charge is 0.266 e. The normalized spacial score (nSPS) is 10.9. The lowest BCUT2D eigenvalue weighted by Crippen LogP contribution is -2.23. The monoisotopic (exact) mass is 413 g/mol. The average Bonchev–Trinajstić information content (AvgIpc) is 3.25. The van der Waals surface area contributed by atoms with E-state index < -0.39 is 0 Å². The molecule has 0 saturated carbocycles. The molecule has 5 aromatic rings. The van der Waals surface area contributed by atoms with Crippen LogP contribution >= 0.6 is 11.6 Å². The fourth-order valence-electron chi connectivity index (χ4n) is 3.43. The van der Waals surface area contributed by atoms with Crippen LogP contribution in [0.15, 0.2) is 66.0 Å². The van der Waals surface area contributed by atoms with E-state index in [0.717, 1.165) is 0 Å². The summed E-state index contributed by atoms with van der Waals surface area (Å²) >= 11 is 6.35. The summed E-state index contributed by atoms with van der Waals surface area (Å²) in [6.45, 7) is 0. The Labute approximate surface area is 174 Å². The van der Waals surface area contributed by atoms with Gasteiger partial charge in [0, 0.05) is 5.39 Å². The molecule has 0 saturated heterocycles. The Morgan fingerprint density at radius 2 is 1.90 bits per heavy atom. The zero-order valence-electron chi connectivity index (χ0n) is 15.3. The van der Waals surface area contributed by atoms with Crippen LogP contribution in [0, 0.1) is 11.3 Å². The van der Waals surface area contributed by atoms with Gasteiger partial charge in [0.1, 0.15) is 29.3 Å². The minimum absolute atomic E-state index is 0.266. The standard InChI is InChI=1S/C21H12ClN7O/c22-15-8-4-7-13-14(9-23)20(28-19-17-18(25-10-24-17)26-11-27-19)29(21(30)16(13)15)12-5-2-1-3-6-12/h1-8,10-11H,(H2,24,25,26,27,28). The number of aromatic amines is 1. The Bertz CT molecular complexity index is 1520. The van der Waals surface area contributed by atoms with Crippen molar-refractivity contribution in [1.29, 1.82) is 5.26 Å². The van der Waals surface area contributed by atoms with Gasteiger partial charge in [0.2, 0.25) is 0 Å². The van der Waals surface area contributed by atoms with E-state index in [1.807, 2.05) is 18.2 Å². The first-order valence-electron chi connectivity index (χ1n) is 8.93. The predicted molar refractivity (Wildman–Crippen MR) is 114 cm³/mol. The molecule has 144 valence electrons. The second kappa shape index (κ2) is 6.99. The first-order valence-corrected chi connectivity index (χ1v) is 9.30. The first-order chi connectivity index (χ1) is 14.7. The quantitative estimate of drug-likeness (QED) is 0.463. The summed E-state index contributed by atoms with van der Waals surface area (Å²) < 4.78 is 1.43. The number of nitriles is 1. The van der Waals surface area contributed by atoms with Crippen molar-refractivity contribution < 1.29 is 0 Å². The number of hydrogen-bond acceptors (Lipinski definition) is 6. The third-order valence-corrected chi connectivity index (χ3v) is 5.06. The van der Waals surface area contributed by atoms with E-state index in [-0.39, 0.29) is 27.3 Å². The lowest BCUT2D eigenvalue weighted by Gasteiger charge is -2.18. The molecule has 9 heteroatoms. The summed E-state index contributed by atoms with van der Waals surface area (Å²) in [5.41, 5.74) is 1.52. The topological polar surface area (TPSA) is 112 Å². The molecule has 0 radical (unpaired) electrons. The van der Waals surface area contributed by atoms with Gasteiger partial charge in [-0.2, -0.15) is 5.26 Å². The minimum atomic E-state index is -0.349. The van der Waals surface area contributed by atoms with Crippen LogP contribution in [0.25, 0.3) is 27.6 Å². The molecule has 0 aliphatic carbocycles. The molecule has 0 amide bonds. The Morgan fingerprint density at radius 3 is 2.70 bits per heavy atom. The summed E-state index contributed by atoms with van der Waals surface area (Å²) in [6, 6.07) is 16.3. The SMILES string of the molecule is N#Cc1c(Nc2ncnc3nc[nH]c23)n(-c2ccccc2)c(=O)c2c(Cl)cccc12. The van der Waals surface area contributed by atoms with Crippen molar-refractivity contribution in [2.45, 2.75) is 0 Å². The van der Waals surface area contributed by atoms with Gasteiger partial charge in [-0.25, -0.2) is 15.0 Å². The number of halogens is 1. The first kappa shape index (κ1) is 17.8. The Hall–Kier alpha value is -4.22. The van der Waals surface area contributed by atoms with E-state index in [4.69, 9.17) is 11.6 Å². The molecule has 0 unspecified atom stereocenters. The second-order valence-electron chi connectivity index (χ2n) is 6.42. The van der Waals surface area contributed by atoms with Crippen LogP contribution in [0.5, 0.6) is 0 Å². The highest BCUT2D eigenvalue weighted by molar-refractivity contribution is 6.35. The van der Waals surface area contributed by atoms with E-state index in [0.29, 0.717) is 28.1 Å². The molecule has 3 heterocycles. The fraction of sp³-hybridized carbons (Fsp3) is 0. The number of nitrogens with zero attached hydrogens (tertiary/aromatic N) is 5. The van der Waals surface area contributed by atoms with Crippen LogP contribution in [-0.2, 0) is 0 Å². The van der Waals surface area contributed by atoms with Crippen LogP contribution in [0.1, 0.15) is 5.56 Å². The highest BCUT2D eigenvalue weighted by atomic mass is 35.5. The van der Waals surface area contributed by atoms with Gasteiger partial charge in [-0.1, -0.05) is 41.9 Å². The number of rotatable bonds is 3. The number of pyridine rings is 1. The van der Waals surface area contributed by atoms with Crippen molar-refractivity contribution in [3.05, 3.63) is 82.1 Å².